The van der Waals surface area contributed by atoms with Crippen molar-refractivity contribution in [3.63, 3.8) is 0 Å². The van der Waals surface area contributed by atoms with Gasteiger partial charge in [0.25, 0.3) is 0 Å². The Morgan fingerprint density at radius 3 is 1.77 bits per heavy atom. The third kappa shape index (κ3) is 6.53. The van der Waals surface area contributed by atoms with Gasteiger partial charge in [0.1, 0.15) is 18.5 Å². The molecule has 0 saturated carbocycles. The summed E-state index contributed by atoms with van der Waals surface area (Å²) < 4.78 is 19.9. The van der Waals surface area contributed by atoms with Gasteiger partial charge in [0.2, 0.25) is 0 Å². The van der Waals surface area contributed by atoms with Crippen LogP contribution in [0.2, 0.25) is 78.6 Å². The Hall–Kier alpha value is 0.458. The molecule has 9 heteroatoms. The van der Waals surface area contributed by atoms with E-state index in [1.807, 2.05) is 0 Å². The highest BCUT2D eigenvalue weighted by Crippen LogP contribution is 2.44. The Kier molecular flexibility index (Phi) is 9.49. The highest BCUT2D eigenvalue weighted by atomic mass is 79.9. The number of ether oxygens (including phenoxy) is 2. The molecule has 0 aromatic carbocycles. The van der Waals surface area contributed by atoms with Crippen molar-refractivity contribution < 1.29 is 18.7 Å². The Morgan fingerprint density at radius 2 is 1.45 bits per heavy atom. The van der Waals surface area contributed by atoms with Gasteiger partial charge in [-0.25, -0.2) is 0 Å². The molecule has 0 aliphatic carbocycles. The monoisotopic (exact) mass is 564 g/mol. The summed E-state index contributed by atoms with van der Waals surface area (Å²) in [5.41, 5.74) is 0. The lowest BCUT2D eigenvalue weighted by molar-refractivity contribution is -0.111. The number of hydrogen-bond acceptors (Lipinski definition) is 4. The molecule has 1 rings (SSSR count). The van der Waals surface area contributed by atoms with Crippen LogP contribution in [-0.2, 0) is 18.7 Å². The number of halogens is 1. The van der Waals surface area contributed by atoms with Gasteiger partial charge >= 0.3 is 0 Å². The van der Waals surface area contributed by atoms with Gasteiger partial charge in [-0.1, -0.05) is 80.8 Å². The topological polar surface area (TPSA) is 44.8 Å². The van der Waals surface area contributed by atoms with Gasteiger partial charge in [0, 0.05) is 10.9 Å². The molecule has 0 spiro atoms. The number of rotatable bonds is 10. The molecule has 31 heavy (non-hydrogen) atoms. The maximum atomic E-state index is 11.5. The normalized spacial score (nSPS) is 25.7. The first-order chi connectivity index (χ1) is 13.7. The Bertz CT molecular complexity index is 631. The summed E-state index contributed by atoms with van der Waals surface area (Å²) >= 11 is 3.48. The first kappa shape index (κ1) is 29.5. The Morgan fingerprint density at radius 1 is 1.00 bits per heavy atom. The predicted molar refractivity (Wildman–Crippen MR) is 147 cm³/mol. The second-order valence-corrected chi connectivity index (χ2v) is 35.5. The fourth-order valence-corrected chi connectivity index (χ4v) is 36.2. The molecule has 4 nitrogen and oxygen atoms in total. The number of carbonyl (C=O) groups is 1. The van der Waals surface area contributed by atoms with Gasteiger partial charge in [0.15, 0.2) is 8.32 Å². The van der Waals surface area contributed by atoms with Crippen molar-refractivity contribution in [1.29, 1.82) is 0 Å². The number of aldehydes is 1. The molecule has 0 aromatic rings. The molecule has 180 valence electrons. The molecule has 5 atom stereocenters. The highest BCUT2D eigenvalue weighted by molar-refractivity contribution is 9.10. The summed E-state index contributed by atoms with van der Waals surface area (Å²) in [6.45, 7) is 28.3. The van der Waals surface area contributed by atoms with Crippen molar-refractivity contribution >= 4 is 54.8 Å². The average molecular weight is 566 g/mol. The van der Waals surface area contributed by atoms with E-state index in [0.29, 0.717) is 6.42 Å². The zero-order valence-corrected chi connectivity index (χ0v) is 27.3. The maximum absolute atomic E-state index is 11.5. The largest absolute Gasteiger partial charge is 0.412 e. The van der Waals surface area contributed by atoms with E-state index in [1.165, 1.54) is 0 Å². The summed E-state index contributed by atoms with van der Waals surface area (Å²) in [4.78, 5) is 11.1. The number of alkyl halides is 1. The van der Waals surface area contributed by atoms with Crippen molar-refractivity contribution in [2.24, 2.45) is 0 Å². The van der Waals surface area contributed by atoms with Gasteiger partial charge in [0.05, 0.1) is 41.3 Å². The smallest absolute Gasteiger partial charge is 0.184 e. The summed E-state index contributed by atoms with van der Waals surface area (Å²) in [7, 11) is -7.16. The van der Waals surface area contributed by atoms with Crippen LogP contribution >= 0.6 is 15.9 Å². The van der Waals surface area contributed by atoms with Crippen LogP contribution in [0.15, 0.2) is 0 Å². The molecule has 1 aliphatic rings. The van der Waals surface area contributed by atoms with Crippen molar-refractivity contribution in [3.05, 3.63) is 0 Å². The average Bonchev–Trinajstić information content (AvgIpc) is 2.92. The summed E-state index contributed by atoms with van der Waals surface area (Å²) in [5, 5.41) is 0. The molecule has 0 radical (unpaired) electrons. The van der Waals surface area contributed by atoms with E-state index in [0.717, 1.165) is 6.29 Å². The van der Waals surface area contributed by atoms with Gasteiger partial charge < -0.3 is 18.7 Å². The molecule has 1 fully saturated rings. The zero-order chi connectivity index (χ0) is 24.6. The first-order valence-electron chi connectivity index (χ1n) is 11.3. The molecule has 1 aliphatic heterocycles. The SMILES string of the molecule is C#C[C@@H](OC([Si](C)(C)C)([Si](C)(C)C)[Si](C)(C)C)[C@H]1C[C@H](O[Si](C)(C)C)[C@H]([C@@H](Br)C=O)O1. The summed E-state index contributed by atoms with van der Waals surface area (Å²) in [5.74, 6) is 2.95. The van der Waals surface area contributed by atoms with Crippen LogP contribution in [0.25, 0.3) is 0 Å². The van der Waals surface area contributed by atoms with E-state index in [2.05, 4.69) is 100 Å². The fourth-order valence-electron chi connectivity index (χ4n) is 6.14. The summed E-state index contributed by atoms with van der Waals surface area (Å²) in [6.07, 6.45) is 6.39. The van der Waals surface area contributed by atoms with Gasteiger partial charge in [-0.05, 0) is 19.6 Å². The van der Waals surface area contributed by atoms with Gasteiger partial charge in [-0.2, -0.15) is 0 Å². The molecule has 1 heterocycles. The van der Waals surface area contributed by atoms with Crippen LogP contribution in [0.3, 0.4) is 0 Å². The third-order valence-corrected chi connectivity index (χ3v) is 28.0. The van der Waals surface area contributed by atoms with Crippen molar-refractivity contribution in [3.8, 4) is 12.3 Å². The second-order valence-electron chi connectivity index (χ2n) is 12.9. The van der Waals surface area contributed by atoms with Crippen LogP contribution in [-0.4, -0.2) is 72.5 Å². The first-order valence-corrected chi connectivity index (χ1v) is 26.1. The minimum atomic E-state index is -1.82. The van der Waals surface area contributed by atoms with Crippen LogP contribution in [0.4, 0.5) is 0 Å². The van der Waals surface area contributed by atoms with Gasteiger partial charge in [-0.3, -0.25) is 0 Å². The molecule has 0 N–H and O–H groups in total. The molecular weight excluding hydrogens is 520 g/mol. The second kappa shape index (κ2) is 9.98. The number of carbonyl (C=O) groups excluding carboxylic acids is 1. The standard InChI is InChI=1S/C22H45BrO4Si4/c1-14-18(26-22(28(2,3)4,29(5,6)7)30(8,9)10)19-15-20(27-31(11,12)13)21(25-19)17(23)16-24/h1,16-21H,15H2,2-13H3/t17-,18+,19+,20-,21-/m0/s1. The maximum Gasteiger partial charge on any atom is 0.184 e. The van der Waals surface area contributed by atoms with Crippen molar-refractivity contribution in [2.75, 3.05) is 0 Å². The van der Waals surface area contributed by atoms with E-state index in [-0.39, 0.29) is 22.8 Å². The van der Waals surface area contributed by atoms with Crippen molar-refractivity contribution in [2.45, 2.75) is 119 Å². The zero-order valence-electron chi connectivity index (χ0n) is 21.8. The quantitative estimate of drug-likeness (QED) is 0.147. The number of terminal acetylenes is 1. The molecule has 1 saturated heterocycles. The van der Waals surface area contributed by atoms with Crippen LogP contribution in [0, 0.1) is 12.3 Å². The molecule has 0 bridgehead atoms. The Balaban J connectivity index is 3.39. The van der Waals surface area contributed by atoms with E-state index in [1.54, 1.807) is 0 Å². The van der Waals surface area contributed by atoms with E-state index >= 15 is 0 Å². The fraction of sp³-hybridized carbons (Fsp3) is 0.864. The van der Waals surface area contributed by atoms with Gasteiger partial charge in [-0.15, -0.1) is 6.42 Å². The minimum Gasteiger partial charge on any atom is -0.412 e. The van der Waals surface area contributed by atoms with Crippen LogP contribution in [0.1, 0.15) is 6.42 Å². The highest BCUT2D eigenvalue weighted by Gasteiger charge is 2.62. The van der Waals surface area contributed by atoms with Crippen molar-refractivity contribution in [1.82, 2.24) is 0 Å². The Labute approximate surface area is 203 Å². The lowest BCUT2D eigenvalue weighted by Crippen LogP contribution is -2.79. The van der Waals surface area contributed by atoms with Crippen LogP contribution in [0.5, 0.6) is 0 Å². The van der Waals surface area contributed by atoms with E-state index in [9.17, 15) is 4.79 Å². The molecule has 0 unspecified atom stereocenters. The molecule has 0 aromatic heterocycles. The molecule has 0 amide bonds. The number of hydrogen-bond donors (Lipinski definition) is 0. The predicted octanol–water partition coefficient (Wildman–Crippen LogP) is 5.72. The van der Waals surface area contributed by atoms with E-state index < -0.39 is 43.5 Å². The summed E-state index contributed by atoms with van der Waals surface area (Å²) in [6, 6.07) is 0. The lowest BCUT2D eigenvalue weighted by Gasteiger charge is -2.59. The van der Waals surface area contributed by atoms with E-state index in [4.69, 9.17) is 20.3 Å². The third-order valence-electron chi connectivity index (χ3n) is 6.09. The lowest BCUT2D eigenvalue weighted by atomic mass is 10.1. The molecular formula is C22H45BrO4Si4. The van der Waals surface area contributed by atoms with Crippen LogP contribution < -0.4 is 0 Å². The minimum absolute atomic E-state index is 0.126.